The molecule has 0 radical (unpaired) electrons. The molecule has 0 saturated heterocycles. The fourth-order valence-electron chi connectivity index (χ4n) is 5.03. The van der Waals surface area contributed by atoms with Crippen molar-refractivity contribution in [3.63, 3.8) is 0 Å². The predicted octanol–water partition coefficient (Wildman–Crippen LogP) is 7.27. The Kier molecular flexibility index (Phi) is 8.64. The quantitative estimate of drug-likeness (QED) is 0.184. The average Bonchev–Trinajstić information content (AvgIpc) is 3.16. The molecule has 3 aromatic carbocycles. The van der Waals surface area contributed by atoms with E-state index in [-0.39, 0.29) is 19.0 Å². The first-order valence-electron chi connectivity index (χ1n) is 11.9. The number of imidazole rings is 1. The molecule has 1 aliphatic carbocycles. The maximum atomic E-state index is 11.2. The van der Waals surface area contributed by atoms with E-state index in [9.17, 15) is 9.59 Å². The third-order valence-corrected chi connectivity index (χ3v) is 7.08. The molecule has 5 heteroatoms. The van der Waals surface area contributed by atoms with Gasteiger partial charge in [0.2, 0.25) is 0 Å². The second-order valence-electron chi connectivity index (χ2n) is 9.38. The molecule has 5 rings (SSSR count). The summed E-state index contributed by atoms with van der Waals surface area (Å²) in [5.74, 6) is -0.185. The van der Waals surface area contributed by atoms with Crippen LogP contribution in [-0.4, -0.2) is 20.7 Å². The number of aryl methyl sites for hydroxylation is 6. The number of hydrogen-bond acceptors (Lipinski definition) is 2. The van der Waals surface area contributed by atoms with Gasteiger partial charge in [0.15, 0.2) is 11.6 Å². The summed E-state index contributed by atoms with van der Waals surface area (Å²) in [4.78, 5) is 22.4. The first kappa shape index (κ1) is 28.2. The Labute approximate surface area is 230 Å². The molecule has 0 bridgehead atoms. The molecule has 0 atom stereocenters. The van der Waals surface area contributed by atoms with E-state index in [2.05, 4.69) is 106 Å². The minimum atomic E-state index is -0.0924. The second kappa shape index (κ2) is 11.3. The van der Waals surface area contributed by atoms with Gasteiger partial charge in [-0.2, -0.15) is 0 Å². The Bertz CT molecular complexity index is 1440. The molecule has 0 spiro atoms. The predicted molar refractivity (Wildman–Crippen MR) is 147 cm³/mol. The molecule has 0 N–H and O–H groups in total. The second-order valence-corrected chi connectivity index (χ2v) is 10.1. The Morgan fingerprint density at radius 2 is 0.919 bits per heavy atom. The monoisotopic (exact) mass is 583 g/mol. The van der Waals surface area contributed by atoms with Gasteiger partial charge >= 0.3 is 155 Å². The van der Waals surface area contributed by atoms with Gasteiger partial charge < -0.3 is 7.43 Å². The van der Waals surface area contributed by atoms with Crippen molar-refractivity contribution in [2.24, 2.45) is 0 Å². The first-order valence-corrected chi connectivity index (χ1v) is 12.6. The Balaban J connectivity index is 0.000000246. The van der Waals surface area contributed by atoms with Gasteiger partial charge in [-0.25, -0.2) is 0 Å². The summed E-state index contributed by atoms with van der Waals surface area (Å²) in [6, 6.07) is 15.8. The molecule has 4 nitrogen and oxygen atoms in total. The fraction of sp³-hybridized carbons (Fsp3) is 0.188. The van der Waals surface area contributed by atoms with Crippen LogP contribution in [-0.2, 0) is 18.7 Å². The van der Waals surface area contributed by atoms with Crippen molar-refractivity contribution in [1.82, 2.24) is 9.13 Å². The molecule has 37 heavy (non-hydrogen) atoms. The first-order chi connectivity index (χ1) is 17.1. The molecular weight excluding hydrogens is 551 g/mol. The molecule has 4 aromatic rings. The van der Waals surface area contributed by atoms with Gasteiger partial charge in [0.1, 0.15) is 0 Å². The van der Waals surface area contributed by atoms with Gasteiger partial charge in [-0.3, -0.25) is 9.59 Å². The zero-order valence-corrected chi connectivity index (χ0v) is 24.0. The number of allylic oxidation sites excluding steroid dienone is 2. The molecule has 194 valence electrons. The van der Waals surface area contributed by atoms with Crippen molar-refractivity contribution in [3.05, 3.63) is 129 Å². The Morgan fingerprint density at radius 3 is 1.24 bits per heavy atom. The standard InChI is InChI=1S/C21H24N2.C10H6O2.CH3.Pd/c1-14-9-16(3)20(17(4)10-14)22-7-8-23(13-22)21-18(5)11-15(2)12-19(21)6;11-9-5-6-10(12)8-4-2-1-3-7(8)9;;/h7-12H,1-6H3;1-6H;1H3;/q;;-1;. The fourth-order valence-corrected chi connectivity index (χ4v) is 5.61. The summed E-state index contributed by atoms with van der Waals surface area (Å²) < 4.78 is 5.56. The zero-order valence-electron chi connectivity index (χ0n) is 22.5. The van der Waals surface area contributed by atoms with Crippen LogP contribution in [0.5, 0.6) is 0 Å². The maximum absolute atomic E-state index is 11.2. The Hall–Kier alpha value is -3.39. The van der Waals surface area contributed by atoms with E-state index in [1.807, 2.05) is 0 Å². The zero-order chi connectivity index (χ0) is 26.1. The van der Waals surface area contributed by atoms with E-state index in [1.54, 1.807) is 24.3 Å². The van der Waals surface area contributed by atoms with Crippen molar-refractivity contribution in [3.8, 4) is 11.4 Å². The molecule has 1 aromatic heterocycles. The van der Waals surface area contributed by atoms with Crippen LogP contribution in [0.4, 0.5) is 0 Å². The van der Waals surface area contributed by atoms with E-state index < -0.39 is 0 Å². The summed E-state index contributed by atoms with van der Waals surface area (Å²) in [7, 11) is 0. The number of benzene rings is 3. The summed E-state index contributed by atoms with van der Waals surface area (Å²) in [5, 5.41) is 0. The number of carbonyl (C=O) groups is 2. The van der Waals surface area contributed by atoms with E-state index >= 15 is 0 Å². The molecule has 0 aliphatic heterocycles. The van der Waals surface area contributed by atoms with Crippen molar-refractivity contribution < 1.29 is 28.3 Å². The van der Waals surface area contributed by atoms with E-state index in [0.29, 0.717) is 11.1 Å². The van der Waals surface area contributed by atoms with Crippen LogP contribution in [0.2, 0.25) is 0 Å². The van der Waals surface area contributed by atoms with Gasteiger partial charge in [-0.15, -0.1) is 0 Å². The Morgan fingerprint density at radius 1 is 0.595 bits per heavy atom. The number of ketones is 2. The molecular formula is C32H33N2O2Pd-. The van der Waals surface area contributed by atoms with Crippen LogP contribution in [0.25, 0.3) is 11.4 Å². The number of aromatic nitrogens is 2. The van der Waals surface area contributed by atoms with E-state index in [4.69, 9.17) is 0 Å². The van der Waals surface area contributed by atoms with Crippen molar-refractivity contribution in [2.45, 2.75) is 41.5 Å². The summed E-state index contributed by atoms with van der Waals surface area (Å²) in [6.45, 7) is 13.0. The smallest absolute Gasteiger partial charge is 0.186 e. The van der Waals surface area contributed by atoms with Gasteiger partial charge in [0, 0.05) is 11.1 Å². The van der Waals surface area contributed by atoms with Gasteiger partial charge in [0.25, 0.3) is 0 Å². The SMILES string of the molecule is Cc1cc(C)c(-n2ccn(-c3c(C)cc(C)cc3C)[c]2=[Pd])c(C)c1.O=C1C=CC(=O)c2ccccc21.[CH3-]. The summed E-state index contributed by atoms with van der Waals surface area (Å²) in [5.41, 5.74) is 11.3. The molecule has 1 aliphatic rings. The van der Waals surface area contributed by atoms with Crippen LogP contribution in [0.15, 0.2) is 73.1 Å². The minimum absolute atomic E-state index is 0. The third kappa shape index (κ3) is 5.64. The third-order valence-electron chi connectivity index (χ3n) is 6.33. The molecule has 0 saturated carbocycles. The van der Waals surface area contributed by atoms with Crippen LogP contribution in [0.3, 0.4) is 0 Å². The normalized spacial score (nSPS) is 12.0. The van der Waals surface area contributed by atoms with E-state index in [1.165, 1.54) is 56.9 Å². The van der Waals surface area contributed by atoms with E-state index in [0.717, 1.165) is 3.89 Å². The number of carbonyl (C=O) groups excluding carboxylic acids is 2. The number of hydrogen-bond donors (Lipinski definition) is 0. The van der Waals surface area contributed by atoms with Crippen molar-refractivity contribution >= 4 is 11.6 Å². The number of rotatable bonds is 2. The number of nitrogens with zero attached hydrogens (tertiary/aromatic N) is 2. The molecule has 0 amide bonds. The summed E-state index contributed by atoms with van der Waals surface area (Å²) >= 11 is 3.50. The van der Waals surface area contributed by atoms with Crippen LogP contribution in [0.1, 0.15) is 54.1 Å². The van der Waals surface area contributed by atoms with Gasteiger partial charge in [0.05, 0.1) is 0 Å². The molecule has 0 fully saturated rings. The molecule has 1 heterocycles. The molecule has 0 unspecified atom stereocenters. The minimum Gasteiger partial charge on any atom is -0.358 e. The largest absolute Gasteiger partial charge is 0.358 e. The van der Waals surface area contributed by atoms with Crippen LogP contribution in [0, 0.1) is 52.9 Å². The van der Waals surface area contributed by atoms with Crippen molar-refractivity contribution in [2.75, 3.05) is 0 Å². The number of fused-ring (bicyclic) bond motifs is 1. The maximum Gasteiger partial charge on any atom is 0.186 e. The van der Waals surface area contributed by atoms with Gasteiger partial charge in [-0.05, 0) is 12.2 Å². The van der Waals surface area contributed by atoms with Crippen molar-refractivity contribution in [1.29, 1.82) is 0 Å². The summed E-state index contributed by atoms with van der Waals surface area (Å²) in [6.07, 6.45) is 6.90. The average molecular weight is 584 g/mol. The van der Waals surface area contributed by atoms with Crippen LogP contribution >= 0.6 is 0 Å². The topological polar surface area (TPSA) is 44.0 Å². The van der Waals surface area contributed by atoms with Crippen LogP contribution < -0.4 is 0 Å². The van der Waals surface area contributed by atoms with Gasteiger partial charge in [-0.1, -0.05) is 24.3 Å².